The Kier molecular flexibility index (Phi) is 4.12. The van der Waals surface area contributed by atoms with E-state index in [2.05, 4.69) is 10.1 Å². The summed E-state index contributed by atoms with van der Waals surface area (Å²) in [5, 5.41) is 2.42. The van der Waals surface area contributed by atoms with Gasteiger partial charge in [0.25, 0.3) is 5.91 Å². The molecule has 6 heteroatoms. The van der Waals surface area contributed by atoms with Crippen LogP contribution in [-0.4, -0.2) is 37.1 Å². The summed E-state index contributed by atoms with van der Waals surface area (Å²) in [4.78, 5) is 34.2. The molecule has 1 aromatic rings. The summed E-state index contributed by atoms with van der Waals surface area (Å²) in [5.74, 6) is -1.57. The molecule has 1 atom stereocenters. The smallest absolute Gasteiger partial charge is 0.347 e. The second-order valence-electron chi connectivity index (χ2n) is 3.98. The molecular formula is C13H13NO5. The van der Waals surface area contributed by atoms with Gasteiger partial charge in [0.2, 0.25) is 6.10 Å². The lowest BCUT2D eigenvalue weighted by Crippen LogP contribution is -2.33. The van der Waals surface area contributed by atoms with Crippen molar-refractivity contribution in [2.75, 3.05) is 13.2 Å². The van der Waals surface area contributed by atoms with Crippen LogP contribution in [0.5, 0.6) is 0 Å². The molecule has 1 N–H and O–H groups in total. The lowest BCUT2D eigenvalue weighted by molar-refractivity contribution is -0.159. The van der Waals surface area contributed by atoms with E-state index in [9.17, 15) is 14.4 Å². The Morgan fingerprint density at radius 2 is 2.05 bits per heavy atom. The molecule has 0 spiro atoms. The van der Waals surface area contributed by atoms with Crippen LogP contribution in [0.2, 0.25) is 0 Å². The fraction of sp³-hybridized carbons (Fsp3) is 0.308. The number of carbonyl (C=O) groups is 3. The summed E-state index contributed by atoms with van der Waals surface area (Å²) in [6.45, 7) is -0.0232. The Labute approximate surface area is 109 Å². The van der Waals surface area contributed by atoms with Crippen LogP contribution in [-0.2, 0) is 19.1 Å². The van der Waals surface area contributed by atoms with Gasteiger partial charge in [0.15, 0.2) is 0 Å². The van der Waals surface area contributed by atoms with Gasteiger partial charge in [0, 0.05) is 12.0 Å². The van der Waals surface area contributed by atoms with Crippen molar-refractivity contribution in [3.8, 4) is 0 Å². The van der Waals surface area contributed by atoms with Crippen molar-refractivity contribution in [2.45, 2.75) is 12.5 Å². The maximum Gasteiger partial charge on any atom is 0.347 e. The van der Waals surface area contributed by atoms with E-state index in [0.29, 0.717) is 12.0 Å². The van der Waals surface area contributed by atoms with E-state index in [-0.39, 0.29) is 19.1 Å². The fourth-order valence-electron chi connectivity index (χ4n) is 1.63. The number of carbonyl (C=O) groups excluding carboxylic acids is 3. The van der Waals surface area contributed by atoms with E-state index >= 15 is 0 Å². The molecule has 19 heavy (non-hydrogen) atoms. The van der Waals surface area contributed by atoms with Gasteiger partial charge in [0.1, 0.15) is 6.54 Å². The van der Waals surface area contributed by atoms with Gasteiger partial charge in [-0.1, -0.05) is 18.2 Å². The largest absolute Gasteiger partial charge is 0.463 e. The summed E-state index contributed by atoms with van der Waals surface area (Å²) < 4.78 is 9.54. The average Bonchev–Trinajstić information content (AvgIpc) is 2.82. The third-order valence-corrected chi connectivity index (χ3v) is 2.59. The van der Waals surface area contributed by atoms with Crippen LogP contribution in [0.1, 0.15) is 16.8 Å². The van der Waals surface area contributed by atoms with E-state index in [4.69, 9.17) is 4.74 Å². The van der Waals surface area contributed by atoms with E-state index in [1.165, 1.54) is 0 Å². The van der Waals surface area contributed by atoms with Gasteiger partial charge in [-0.05, 0) is 12.1 Å². The van der Waals surface area contributed by atoms with Crippen LogP contribution in [0.4, 0.5) is 0 Å². The first-order chi connectivity index (χ1) is 9.16. The van der Waals surface area contributed by atoms with Crippen LogP contribution in [0.3, 0.4) is 0 Å². The van der Waals surface area contributed by atoms with Crippen molar-refractivity contribution >= 4 is 17.8 Å². The normalized spacial score (nSPS) is 17.7. The van der Waals surface area contributed by atoms with E-state index in [0.717, 1.165) is 0 Å². The van der Waals surface area contributed by atoms with Gasteiger partial charge >= 0.3 is 11.9 Å². The third-order valence-electron chi connectivity index (χ3n) is 2.59. The molecule has 1 fully saturated rings. The summed E-state index contributed by atoms with van der Waals surface area (Å²) in [5.41, 5.74) is 0.454. The third kappa shape index (κ3) is 3.54. The number of ether oxygens (including phenoxy) is 2. The van der Waals surface area contributed by atoms with E-state index < -0.39 is 18.0 Å². The first kappa shape index (κ1) is 13.1. The van der Waals surface area contributed by atoms with E-state index in [1.54, 1.807) is 30.3 Å². The highest BCUT2D eigenvalue weighted by atomic mass is 16.6. The number of hydrogen-bond acceptors (Lipinski definition) is 5. The van der Waals surface area contributed by atoms with Gasteiger partial charge in [0.05, 0.1) is 6.61 Å². The highest BCUT2D eigenvalue weighted by molar-refractivity contribution is 5.96. The molecule has 2 rings (SSSR count). The molecule has 1 aliphatic rings. The number of cyclic esters (lactones) is 1. The first-order valence-corrected chi connectivity index (χ1v) is 5.86. The summed E-state index contributed by atoms with van der Waals surface area (Å²) >= 11 is 0. The highest BCUT2D eigenvalue weighted by Crippen LogP contribution is 2.10. The molecular weight excluding hydrogens is 250 g/mol. The Morgan fingerprint density at radius 1 is 1.32 bits per heavy atom. The summed E-state index contributed by atoms with van der Waals surface area (Å²) in [6.07, 6.45) is -0.488. The molecule has 0 aliphatic carbocycles. The zero-order valence-electron chi connectivity index (χ0n) is 10.1. The van der Waals surface area contributed by atoms with Gasteiger partial charge in [-0.25, -0.2) is 4.79 Å². The van der Waals surface area contributed by atoms with Gasteiger partial charge in [-0.2, -0.15) is 0 Å². The number of esters is 2. The lowest BCUT2D eigenvalue weighted by Gasteiger charge is -2.09. The number of benzene rings is 1. The van der Waals surface area contributed by atoms with Crippen LogP contribution in [0, 0.1) is 0 Å². The predicted octanol–water partition coefficient (Wildman–Crippen LogP) is 0.275. The van der Waals surface area contributed by atoms with Crippen LogP contribution < -0.4 is 5.32 Å². The standard InChI is InChI=1S/C13H13NO5/c15-11(19-10-6-7-18-13(10)17)8-14-12(16)9-4-2-1-3-5-9/h1-5,10H,6-8H2,(H,14,16)/t10-/m0/s1. The number of hydrogen-bond donors (Lipinski definition) is 1. The van der Waals surface area contributed by atoms with Crippen molar-refractivity contribution in [1.29, 1.82) is 0 Å². The van der Waals surface area contributed by atoms with Crippen molar-refractivity contribution in [3.63, 3.8) is 0 Å². The van der Waals surface area contributed by atoms with Crippen LogP contribution in [0.15, 0.2) is 30.3 Å². The minimum Gasteiger partial charge on any atom is -0.463 e. The summed E-state index contributed by atoms with van der Waals surface area (Å²) in [7, 11) is 0. The van der Waals surface area contributed by atoms with Crippen molar-refractivity contribution < 1.29 is 23.9 Å². The van der Waals surface area contributed by atoms with Crippen molar-refractivity contribution in [2.24, 2.45) is 0 Å². The molecule has 0 radical (unpaired) electrons. The van der Waals surface area contributed by atoms with E-state index in [1.807, 2.05) is 0 Å². The average molecular weight is 263 g/mol. The Hall–Kier alpha value is -2.37. The molecule has 1 saturated heterocycles. The molecule has 0 aromatic heterocycles. The molecule has 0 saturated carbocycles. The minimum absolute atomic E-state index is 0.257. The zero-order chi connectivity index (χ0) is 13.7. The van der Waals surface area contributed by atoms with Crippen LogP contribution >= 0.6 is 0 Å². The Morgan fingerprint density at radius 3 is 2.68 bits per heavy atom. The maximum absolute atomic E-state index is 11.6. The molecule has 1 aromatic carbocycles. The Balaban J connectivity index is 1.77. The van der Waals surface area contributed by atoms with Gasteiger partial charge in [-0.3, -0.25) is 9.59 Å². The van der Waals surface area contributed by atoms with Gasteiger partial charge < -0.3 is 14.8 Å². The van der Waals surface area contributed by atoms with Gasteiger partial charge in [-0.15, -0.1) is 0 Å². The fourth-order valence-corrected chi connectivity index (χ4v) is 1.63. The molecule has 1 heterocycles. The lowest BCUT2D eigenvalue weighted by atomic mass is 10.2. The van der Waals surface area contributed by atoms with Crippen LogP contribution in [0.25, 0.3) is 0 Å². The number of nitrogens with one attached hydrogen (secondary N) is 1. The molecule has 0 unspecified atom stereocenters. The van der Waals surface area contributed by atoms with Crippen molar-refractivity contribution in [3.05, 3.63) is 35.9 Å². The monoisotopic (exact) mass is 263 g/mol. The quantitative estimate of drug-likeness (QED) is 0.789. The second kappa shape index (κ2) is 5.99. The molecule has 1 aliphatic heterocycles. The summed E-state index contributed by atoms with van der Waals surface area (Å²) in [6, 6.07) is 8.50. The number of rotatable bonds is 4. The topological polar surface area (TPSA) is 81.7 Å². The molecule has 100 valence electrons. The molecule has 1 amide bonds. The first-order valence-electron chi connectivity index (χ1n) is 5.86. The SMILES string of the molecule is O=C(CNC(=O)c1ccccc1)O[C@H]1CCOC1=O. The highest BCUT2D eigenvalue weighted by Gasteiger charge is 2.30. The minimum atomic E-state index is -0.846. The number of amides is 1. The molecule has 0 bridgehead atoms. The Bertz CT molecular complexity index is 485. The zero-order valence-corrected chi connectivity index (χ0v) is 10.1. The second-order valence-corrected chi connectivity index (χ2v) is 3.98. The molecule has 6 nitrogen and oxygen atoms in total. The maximum atomic E-state index is 11.6. The predicted molar refractivity (Wildman–Crippen MR) is 64.2 cm³/mol. The van der Waals surface area contributed by atoms with Crippen molar-refractivity contribution in [1.82, 2.24) is 5.32 Å².